The summed E-state index contributed by atoms with van der Waals surface area (Å²) in [5.41, 5.74) is 9.73. The number of carbonyl (C=O) groups is 4. The fourth-order valence-corrected chi connectivity index (χ4v) is 9.94. The molecule has 1 fully saturated rings. The SMILES string of the molecule is COc1ccc(C2=N[C@H](C)[C@H](c3ccc(Cl)cc3)N2C(=O)N2CCN(CCOCCOCCOCCOCCC(=O)NCCn3nc(C#N)c4c3CN(C)C(=O)c3ccc(F)cc3[C@@H](C)Oc3cc-4cnc3N)C(=O)C2)c(OC(C)C)c1. The highest BCUT2D eigenvalue weighted by Crippen LogP contribution is 2.40. The molecule has 5 aromatic rings. The molecule has 82 heavy (non-hydrogen) atoms. The van der Waals surface area contributed by atoms with Crippen LogP contribution in [-0.4, -0.2) is 176 Å². The summed E-state index contributed by atoms with van der Waals surface area (Å²) in [6, 6.07) is 19.3. The first kappa shape index (κ1) is 60.2. The van der Waals surface area contributed by atoms with Crippen molar-refractivity contribution in [3.8, 4) is 34.4 Å². The second-order valence-corrected chi connectivity index (χ2v) is 20.4. The molecule has 3 atom stereocenters. The van der Waals surface area contributed by atoms with E-state index in [1.54, 1.807) is 70.8 Å². The zero-order chi connectivity index (χ0) is 58.5. The molecule has 0 spiro atoms. The lowest BCUT2D eigenvalue weighted by Gasteiger charge is -2.38. The number of pyridine rings is 1. The van der Waals surface area contributed by atoms with E-state index in [9.17, 15) is 28.8 Å². The summed E-state index contributed by atoms with van der Waals surface area (Å²) in [5.74, 6) is 0.447. The van der Waals surface area contributed by atoms with Gasteiger partial charge in [-0.3, -0.25) is 29.0 Å². The van der Waals surface area contributed by atoms with E-state index in [1.165, 1.54) is 29.3 Å². The van der Waals surface area contributed by atoms with E-state index in [-0.39, 0.29) is 98.6 Å². The van der Waals surface area contributed by atoms with Crippen molar-refractivity contribution in [1.82, 2.24) is 39.7 Å². The number of anilines is 1. The zero-order valence-corrected chi connectivity index (χ0v) is 47.7. The van der Waals surface area contributed by atoms with Crippen molar-refractivity contribution in [3.63, 3.8) is 0 Å². The van der Waals surface area contributed by atoms with Crippen LogP contribution in [0.25, 0.3) is 11.1 Å². The number of aliphatic imine (C=N–C) groups is 1. The number of fused-ring (bicyclic) bond motifs is 5. The van der Waals surface area contributed by atoms with E-state index >= 15 is 0 Å². The number of nitrogens with one attached hydrogen (secondary N) is 1. The Kier molecular flexibility index (Phi) is 20.7. The number of hydrogen-bond acceptors (Lipinski definition) is 16. The molecule has 436 valence electrons. The van der Waals surface area contributed by atoms with Crippen LogP contribution in [-0.2, 0) is 41.6 Å². The summed E-state index contributed by atoms with van der Waals surface area (Å²) in [5, 5.41) is 18.1. The predicted molar refractivity (Wildman–Crippen MR) is 301 cm³/mol. The number of amidine groups is 1. The van der Waals surface area contributed by atoms with Crippen molar-refractivity contribution in [1.29, 1.82) is 5.26 Å². The zero-order valence-electron chi connectivity index (χ0n) is 46.9. The van der Waals surface area contributed by atoms with Crippen LogP contribution in [0.2, 0.25) is 5.02 Å². The number of aromatic nitrogens is 3. The average Bonchev–Trinajstić information content (AvgIpc) is 3.16. The number of nitrogens with two attached hydrogens (primary N) is 1. The van der Waals surface area contributed by atoms with Crippen molar-refractivity contribution in [2.45, 2.75) is 71.5 Å². The third-order valence-corrected chi connectivity index (χ3v) is 14.1. The summed E-state index contributed by atoms with van der Waals surface area (Å²) < 4.78 is 56.5. The minimum atomic E-state index is -0.772. The van der Waals surface area contributed by atoms with Crippen LogP contribution in [0.1, 0.15) is 84.7 Å². The van der Waals surface area contributed by atoms with Gasteiger partial charge >= 0.3 is 6.03 Å². The van der Waals surface area contributed by atoms with Gasteiger partial charge in [-0.2, -0.15) is 10.4 Å². The lowest BCUT2D eigenvalue weighted by Crippen LogP contribution is -2.57. The van der Waals surface area contributed by atoms with Crippen LogP contribution in [0.3, 0.4) is 0 Å². The van der Waals surface area contributed by atoms with Gasteiger partial charge < -0.3 is 58.9 Å². The molecule has 24 heteroatoms. The Morgan fingerprint density at radius 1 is 0.902 bits per heavy atom. The van der Waals surface area contributed by atoms with Crippen molar-refractivity contribution in [2.75, 3.05) is 105 Å². The normalized spacial score (nSPS) is 17.1. The molecule has 0 saturated carbocycles. The highest BCUT2D eigenvalue weighted by molar-refractivity contribution is 6.30. The summed E-state index contributed by atoms with van der Waals surface area (Å²) in [6.45, 7) is 11.0. The number of urea groups is 1. The van der Waals surface area contributed by atoms with Gasteiger partial charge in [0.1, 0.15) is 41.9 Å². The number of piperazine rings is 1. The van der Waals surface area contributed by atoms with Gasteiger partial charge in [0, 0.05) is 79.2 Å². The molecule has 22 nitrogen and oxygen atoms in total. The van der Waals surface area contributed by atoms with Gasteiger partial charge in [0.15, 0.2) is 17.3 Å². The molecule has 2 bridgehead atoms. The number of hydrogen-bond donors (Lipinski definition) is 2. The van der Waals surface area contributed by atoms with E-state index < -0.39 is 23.9 Å². The Balaban J connectivity index is 0.708. The number of methoxy groups -OCH3 is 1. The second kappa shape index (κ2) is 28.2. The molecule has 0 radical (unpaired) electrons. The monoisotopic (exact) mass is 1150 g/mol. The molecule has 8 rings (SSSR count). The number of nitriles is 1. The molecular weight excluding hydrogens is 1080 g/mol. The van der Waals surface area contributed by atoms with Gasteiger partial charge in [0.05, 0.1) is 102 Å². The third-order valence-electron chi connectivity index (χ3n) is 13.9. The fraction of sp³-hybridized carbons (Fsp3) is 0.448. The predicted octanol–water partition coefficient (Wildman–Crippen LogP) is 6.44. The Morgan fingerprint density at radius 2 is 1.60 bits per heavy atom. The molecule has 0 unspecified atom stereocenters. The number of rotatable bonds is 23. The van der Waals surface area contributed by atoms with Crippen LogP contribution in [0, 0.1) is 17.1 Å². The number of amides is 5. The maximum absolute atomic E-state index is 14.6. The molecule has 3 aromatic carbocycles. The number of ether oxygens (including phenoxy) is 7. The van der Waals surface area contributed by atoms with Crippen molar-refractivity contribution >= 4 is 47.0 Å². The minimum absolute atomic E-state index is 0.0201. The highest BCUT2D eigenvalue weighted by Gasteiger charge is 2.43. The van der Waals surface area contributed by atoms with E-state index in [1.807, 2.05) is 39.0 Å². The van der Waals surface area contributed by atoms with Crippen LogP contribution in [0.5, 0.6) is 17.2 Å². The van der Waals surface area contributed by atoms with Crippen molar-refractivity contribution in [2.24, 2.45) is 4.99 Å². The van der Waals surface area contributed by atoms with E-state index in [2.05, 4.69) is 21.5 Å². The maximum Gasteiger partial charge on any atom is 0.326 e. The van der Waals surface area contributed by atoms with Gasteiger partial charge in [0.2, 0.25) is 11.8 Å². The standard InChI is InChI=1S/C58H69ClFN11O11/c1-36(2)81-49-31-43(76-6)12-14-45(49)56-65-37(3)54(39-7-9-41(59)10-8-39)71(56)58(75)69-19-18-68(52(73)35-69)20-22-78-24-26-80-28-27-79-25-23-77-21-15-51(72)63-16-17-70-48-34-67(5)57(74)44-13-11-42(60)30-46(44)38(4)82-50-29-40(33-64-55(50)62)53(48)47(32-61)66-70/h7-14,29-31,33,36-38,54H,15-28,34-35H2,1-6H3,(H2,62,64)(H,63,72)/t37-,38-,54-/m1/s1. The summed E-state index contributed by atoms with van der Waals surface area (Å²) in [6.07, 6.45) is 0.652. The van der Waals surface area contributed by atoms with Crippen LogP contribution in [0.4, 0.5) is 15.0 Å². The molecule has 3 N–H and O–H groups in total. The largest absolute Gasteiger partial charge is 0.497 e. The lowest BCUT2D eigenvalue weighted by atomic mass is 10.00. The minimum Gasteiger partial charge on any atom is -0.497 e. The van der Waals surface area contributed by atoms with Crippen LogP contribution in [0.15, 0.2) is 77.9 Å². The van der Waals surface area contributed by atoms with Gasteiger partial charge in [-0.15, -0.1) is 0 Å². The van der Waals surface area contributed by atoms with Crippen LogP contribution < -0.4 is 25.3 Å². The number of carbonyl (C=O) groups excluding carboxylic acids is 4. The van der Waals surface area contributed by atoms with E-state index in [4.69, 9.17) is 55.5 Å². The van der Waals surface area contributed by atoms with Crippen LogP contribution >= 0.6 is 11.6 Å². The van der Waals surface area contributed by atoms with Crippen molar-refractivity contribution < 1.29 is 56.7 Å². The van der Waals surface area contributed by atoms with Gasteiger partial charge in [-0.05, 0) is 81.8 Å². The average molecular weight is 1150 g/mol. The molecule has 2 aromatic heterocycles. The van der Waals surface area contributed by atoms with Gasteiger partial charge in [0.25, 0.3) is 5.91 Å². The number of nitrogens with zero attached hydrogens (tertiary/aromatic N) is 9. The van der Waals surface area contributed by atoms with E-state index in [0.717, 1.165) is 5.56 Å². The maximum atomic E-state index is 14.6. The number of benzene rings is 3. The molecule has 3 aliphatic rings. The van der Waals surface area contributed by atoms with E-state index in [0.29, 0.717) is 110 Å². The molecule has 0 aliphatic carbocycles. The quantitative estimate of drug-likeness (QED) is 0.0668. The smallest absolute Gasteiger partial charge is 0.326 e. The molecule has 5 amide bonds. The summed E-state index contributed by atoms with van der Waals surface area (Å²) in [4.78, 5) is 70.4. The molecule has 3 aliphatic heterocycles. The Hall–Kier alpha value is -7.88. The second-order valence-electron chi connectivity index (χ2n) is 20.0. The number of nitrogen functional groups attached to an aromatic ring is 1. The first-order valence-corrected chi connectivity index (χ1v) is 27.5. The topological polar surface area (TPSA) is 251 Å². The van der Waals surface area contributed by atoms with Crippen molar-refractivity contribution in [3.05, 3.63) is 117 Å². The molecule has 5 heterocycles. The third kappa shape index (κ3) is 14.8. The first-order chi connectivity index (χ1) is 39.5. The summed E-state index contributed by atoms with van der Waals surface area (Å²) >= 11 is 6.26. The summed E-state index contributed by atoms with van der Waals surface area (Å²) in [7, 11) is 3.18. The van der Waals surface area contributed by atoms with Gasteiger partial charge in [-0.25, -0.2) is 14.2 Å². The lowest BCUT2D eigenvalue weighted by molar-refractivity contribution is -0.135. The molecule has 1 saturated heterocycles. The van der Waals surface area contributed by atoms with Gasteiger partial charge in [-0.1, -0.05) is 23.7 Å². The Bertz CT molecular complexity index is 3150. The molecular formula is C58H69ClFN11O11. The Labute approximate surface area is 480 Å². The first-order valence-electron chi connectivity index (χ1n) is 27.1. The Morgan fingerprint density at radius 3 is 2.28 bits per heavy atom. The fourth-order valence-electron chi connectivity index (χ4n) is 9.82. The number of halogens is 2. The highest BCUT2D eigenvalue weighted by atomic mass is 35.5.